The van der Waals surface area contributed by atoms with Gasteiger partial charge < -0.3 is 0 Å². The van der Waals surface area contributed by atoms with E-state index in [1.807, 2.05) is 18.2 Å². The van der Waals surface area contributed by atoms with Gasteiger partial charge in [-0.1, -0.05) is 0 Å². The second-order valence-electron chi connectivity index (χ2n) is 7.33. The van der Waals surface area contributed by atoms with Gasteiger partial charge in [-0.15, -0.1) is 0 Å². The van der Waals surface area contributed by atoms with Crippen LogP contribution in [-0.4, -0.2) is 13.1 Å². The van der Waals surface area contributed by atoms with Crippen molar-refractivity contribution in [2.24, 2.45) is 0 Å². The Morgan fingerprint density at radius 2 is 1.03 bits per heavy atom. The van der Waals surface area contributed by atoms with Gasteiger partial charge in [0.05, 0.1) is 0 Å². The maximum absolute atomic E-state index is 12.5. The Morgan fingerprint density at radius 3 is 1.47 bits per heavy atom. The molecule has 0 N–H and O–H groups in total. The molecular formula is C27H25O2P. The molecule has 4 rings (SSSR count). The second kappa shape index (κ2) is 9.07. The van der Waals surface area contributed by atoms with Gasteiger partial charge in [-0.3, -0.25) is 0 Å². The van der Waals surface area contributed by atoms with Crippen LogP contribution in [0.4, 0.5) is 0 Å². The Labute approximate surface area is 178 Å². The van der Waals surface area contributed by atoms with Crippen LogP contribution in [0.5, 0.6) is 0 Å². The summed E-state index contributed by atoms with van der Waals surface area (Å²) in [6.07, 6.45) is 0.774. The zero-order chi connectivity index (χ0) is 20.8. The Bertz CT molecular complexity index is 1010. The third kappa shape index (κ3) is 3.79. The van der Waals surface area contributed by atoms with Crippen LogP contribution in [0.1, 0.15) is 15.9 Å². The van der Waals surface area contributed by atoms with Gasteiger partial charge in [-0.2, -0.15) is 0 Å². The molecule has 0 saturated carbocycles. The van der Waals surface area contributed by atoms with E-state index >= 15 is 0 Å². The summed E-state index contributed by atoms with van der Waals surface area (Å²) in [7, 11) is -1.02. The van der Waals surface area contributed by atoms with Crippen molar-refractivity contribution in [1.82, 2.24) is 0 Å². The Kier molecular flexibility index (Phi) is 6.07. The molecule has 3 heteroatoms. The molecule has 0 heterocycles. The summed E-state index contributed by atoms with van der Waals surface area (Å²) in [5, 5.41) is 3.96. The standard InChI is InChI=1S/C27H25O2P/c1-29-27(28)26-20-12-11-13-22(26)21-30(23-14-5-2-6-15-23,24-16-7-3-8-17-24)25-18-9-4-10-19-25/h2-20,30H,21H2,1H3. The van der Waals surface area contributed by atoms with E-state index in [0.717, 1.165) is 11.7 Å². The normalized spacial score (nSPS) is 11.6. The second-order valence-corrected chi connectivity index (χ2v) is 11.2. The molecule has 4 aromatic rings. The van der Waals surface area contributed by atoms with Crippen LogP contribution < -0.4 is 15.9 Å². The van der Waals surface area contributed by atoms with Gasteiger partial charge in [-0.05, 0) is 0 Å². The molecule has 0 amide bonds. The van der Waals surface area contributed by atoms with Crippen molar-refractivity contribution in [2.45, 2.75) is 6.16 Å². The van der Waals surface area contributed by atoms with E-state index < -0.39 is 7.26 Å². The first-order valence-corrected chi connectivity index (χ1v) is 12.3. The molecule has 0 spiro atoms. The fourth-order valence-electron chi connectivity index (χ4n) is 4.24. The van der Waals surface area contributed by atoms with E-state index in [-0.39, 0.29) is 5.97 Å². The Balaban J connectivity index is 2.01. The van der Waals surface area contributed by atoms with Crippen LogP contribution in [0.3, 0.4) is 0 Å². The van der Waals surface area contributed by atoms with Crippen LogP contribution in [0.2, 0.25) is 0 Å². The number of carbonyl (C=O) groups is 1. The molecule has 0 atom stereocenters. The number of hydrogen-bond acceptors (Lipinski definition) is 2. The van der Waals surface area contributed by atoms with Gasteiger partial charge in [0, 0.05) is 0 Å². The topological polar surface area (TPSA) is 26.3 Å². The summed E-state index contributed by atoms with van der Waals surface area (Å²) >= 11 is 0. The third-order valence-electron chi connectivity index (χ3n) is 5.68. The van der Waals surface area contributed by atoms with Gasteiger partial charge >= 0.3 is 178 Å². The van der Waals surface area contributed by atoms with Crippen molar-refractivity contribution in [3.05, 3.63) is 126 Å². The number of rotatable bonds is 6. The van der Waals surface area contributed by atoms with E-state index in [4.69, 9.17) is 4.74 Å². The summed E-state index contributed by atoms with van der Waals surface area (Å²) in [5.74, 6) is -0.289. The number of esters is 1. The van der Waals surface area contributed by atoms with Crippen molar-refractivity contribution < 1.29 is 9.53 Å². The van der Waals surface area contributed by atoms with Crippen LogP contribution in [-0.2, 0) is 10.9 Å². The number of methoxy groups -OCH3 is 1. The molecule has 0 aliphatic heterocycles. The number of carbonyl (C=O) groups excluding carboxylic acids is 1. The minimum absolute atomic E-state index is 0.289. The molecule has 0 unspecified atom stereocenters. The molecule has 0 fully saturated rings. The molecule has 0 saturated heterocycles. The van der Waals surface area contributed by atoms with Crippen LogP contribution >= 0.6 is 7.26 Å². The first kappa shape index (κ1) is 20.1. The average Bonchev–Trinajstić information content (AvgIpc) is 2.84. The first-order chi connectivity index (χ1) is 14.8. The zero-order valence-corrected chi connectivity index (χ0v) is 18.0. The van der Waals surface area contributed by atoms with Crippen LogP contribution in [0.25, 0.3) is 0 Å². The van der Waals surface area contributed by atoms with Crippen molar-refractivity contribution in [1.29, 1.82) is 0 Å². The molecule has 0 aliphatic rings. The maximum atomic E-state index is 12.5. The first-order valence-electron chi connectivity index (χ1n) is 10.1. The molecule has 0 radical (unpaired) electrons. The minimum atomic E-state index is -2.46. The third-order valence-corrected chi connectivity index (χ3v) is 10.5. The summed E-state index contributed by atoms with van der Waals surface area (Å²) in [4.78, 5) is 12.5. The number of hydrogen-bond donors (Lipinski definition) is 0. The van der Waals surface area contributed by atoms with Crippen molar-refractivity contribution in [3.8, 4) is 0 Å². The molecule has 0 aromatic heterocycles. The number of ether oxygens (including phenoxy) is 1. The van der Waals surface area contributed by atoms with E-state index in [1.54, 1.807) is 0 Å². The Morgan fingerprint density at radius 1 is 0.633 bits per heavy atom. The fraction of sp³-hybridized carbons (Fsp3) is 0.0741. The van der Waals surface area contributed by atoms with Gasteiger partial charge in [0.1, 0.15) is 0 Å². The molecule has 0 aliphatic carbocycles. The molecule has 4 aromatic carbocycles. The summed E-state index contributed by atoms with van der Waals surface area (Å²) in [6, 6.07) is 40.0. The SMILES string of the molecule is COC(=O)c1ccccc1C[PH](c1ccccc1)(c1ccccc1)c1ccccc1. The summed E-state index contributed by atoms with van der Waals surface area (Å²) in [5.41, 5.74) is 1.66. The van der Waals surface area contributed by atoms with Crippen LogP contribution in [0, 0.1) is 0 Å². The summed E-state index contributed by atoms with van der Waals surface area (Å²) in [6.45, 7) is 0. The quantitative estimate of drug-likeness (QED) is 0.339. The van der Waals surface area contributed by atoms with E-state index in [2.05, 4.69) is 97.1 Å². The predicted molar refractivity (Wildman–Crippen MR) is 128 cm³/mol. The van der Waals surface area contributed by atoms with Gasteiger partial charge in [0.2, 0.25) is 0 Å². The predicted octanol–water partition coefficient (Wildman–Crippen LogP) is 4.70. The number of benzene rings is 4. The zero-order valence-electron chi connectivity index (χ0n) is 17.0. The van der Waals surface area contributed by atoms with Gasteiger partial charge in [-0.25, -0.2) is 0 Å². The molecule has 150 valence electrons. The van der Waals surface area contributed by atoms with Crippen LogP contribution in [0.15, 0.2) is 115 Å². The average molecular weight is 412 g/mol. The van der Waals surface area contributed by atoms with Crippen molar-refractivity contribution in [2.75, 3.05) is 7.11 Å². The monoisotopic (exact) mass is 412 g/mol. The van der Waals surface area contributed by atoms with Gasteiger partial charge in [0.25, 0.3) is 0 Å². The fourth-order valence-corrected chi connectivity index (χ4v) is 9.02. The molecular weight excluding hydrogens is 387 g/mol. The molecule has 0 bridgehead atoms. The van der Waals surface area contributed by atoms with Crippen molar-refractivity contribution in [3.63, 3.8) is 0 Å². The van der Waals surface area contributed by atoms with E-state index in [9.17, 15) is 4.79 Å². The van der Waals surface area contributed by atoms with E-state index in [0.29, 0.717) is 5.56 Å². The molecule has 30 heavy (non-hydrogen) atoms. The van der Waals surface area contributed by atoms with Gasteiger partial charge in [0.15, 0.2) is 0 Å². The van der Waals surface area contributed by atoms with E-state index in [1.165, 1.54) is 23.0 Å². The van der Waals surface area contributed by atoms with Crippen molar-refractivity contribution >= 4 is 29.1 Å². The molecule has 2 nitrogen and oxygen atoms in total. The Hall–Kier alpha value is -3.22. The summed E-state index contributed by atoms with van der Waals surface area (Å²) < 4.78 is 5.09.